The molecule has 1 aromatic heterocycles. The van der Waals surface area contributed by atoms with E-state index in [1.54, 1.807) is 30.3 Å². The zero-order valence-corrected chi connectivity index (χ0v) is 16.2. The molecule has 0 spiro atoms. The normalized spacial score (nSPS) is 11.6. The van der Waals surface area contributed by atoms with Crippen LogP contribution >= 0.6 is 15.9 Å². The fourth-order valence-electron chi connectivity index (χ4n) is 2.84. The molecule has 0 saturated carbocycles. The van der Waals surface area contributed by atoms with Gasteiger partial charge in [-0.05, 0) is 53.0 Å². The molecule has 5 nitrogen and oxygen atoms in total. The molecule has 2 N–H and O–H groups in total. The average Bonchev–Trinajstić information content (AvgIpc) is 2.91. The Bertz CT molecular complexity index is 1070. The molecule has 0 bridgehead atoms. The van der Waals surface area contributed by atoms with Gasteiger partial charge in [-0.2, -0.15) is 0 Å². The lowest BCUT2D eigenvalue weighted by Gasteiger charge is -2.09. The van der Waals surface area contributed by atoms with Gasteiger partial charge in [-0.15, -0.1) is 0 Å². The van der Waals surface area contributed by atoms with Gasteiger partial charge in [0, 0.05) is 15.6 Å². The van der Waals surface area contributed by atoms with Crippen molar-refractivity contribution < 1.29 is 13.2 Å². The third kappa shape index (κ3) is 3.21. The van der Waals surface area contributed by atoms with E-state index in [2.05, 4.69) is 25.6 Å². The first kappa shape index (κ1) is 17.7. The molecule has 3 aromatic rings. The van der Waals surface area contributed by atoms with E-state index in [1.165, 1.54) is 6.07 Å². The van der Waals surface area contributed by atoms with Crippen LogP contribution in [0.3, 0.4) is 0 Å². The van der Waals surface area contributed by atoms with Crippen molar-refractivity contribution in [2.24, 2.45) is 0 Å². The van der Waals surface area contributed by atoms with Gasteiger partial charge in [-0.1, -0.05) is 31.2 Å². The highest BCUT2D eigenvalue weighted by Gasteiger charge is 2.23. The first-order valence-electron chi connectivity index (χ1n) is 7.77. The summed E-state index contributed by atoms with van der Waals surface area (Å²) in [5, 5.41) is 0.919. The maximum absolute atomic E-state index is 12.6. The fourth-order valence-corrected chi connectivity index (χ4v) is 4.81. The number of sulfonamides is 1. The molecule has 3 rings (SSSR count). The Hall–Kier alpha value is -2.12. The number of carbonyl (C=O) groups excluding carboxylic acids is 1. The van der Waals surface area contributed by atoms with E-state index < -0.39 is 15.9 Å². The van der Waals surface area contributed by atoms with Gasteiger partial charge in [0.15, 0.2) is 0 Å². The minimum Gasteiger partial charge on any atom is -0.358 e. The molecule has 0 aliphatic carbocycles. The Morgan fingerprint density at radius 3 is 2.56 bits per heavy atom. The number of carbonyl (C=O) groups is 1. The topological polar surface area (TPSA) is 79.0 Å². The molecule has 1 amide bonds. The Labute approximate surface area is 154 Å². The summed E-state index contributed by atoms with van der Waals surface area (Å²) in [5.74, 6) is -0.662. The second-order valence-corrected chi connectivity index (χ2v) is 8.18. The zero-order chi connectivity index (χ0) is 18.2. The number of aryl methyl sites for hydroxylation is 2. The molecule has 0 radical (unpaired) electrons. The lowest BCUT2D eigenvalue weighted by Crippen LogP contribution is -2.31. The van der Waals surface area contributed by atoms with E-state index in [4.69, 9.17) is 0 Å². The molecule has 0 unspecified atom stereocenters. The minimum atomic E-state index is -3.98. The third-order valence-electron chi connectivity index (χ3n) is 4.15. The molecule has 2 aromatic carbocycles. The summed E-state index contributed by atoms with van der Waals surface area (Å²) >= 11 is 3.20. The van der Waals surface area contributed by atoms with Gasteiger partial charge in [0.2, 0.25) is 0 Å². The van der Waals surface area contributed by atoms with Crippen LogP contribution in [0.15, 0.2) is 51.8 Å². The molecule has 0 fully saturated rings. The van der Waals surface area contributed by atoms with Crippen molar-refractivity contribution in [1.82, 2.24) is 9.71 Å². The lowest BCUT2D eigenvalue weighted by molar-refractivity contribution is 0.0983. The Morgan fingerprint density at radius 2 is 1.88 bits per heavy atom. The van der Waals surface area contributed by atoms with Gasteiger partial charge in [-0.3, -0.25) is 4.79 Å². The van der Waals surface area contributed by atoms with Gasteiger partial charge < -0.3 is 4.98 Å². The van der Waals surface area contributed by atoms with Crippen LogP contribution in [0.2, 0.25) is 0 Å². The number of halogens is 1. The maximum Gasteiger partial charge on any atom is 0.267 e. The van der Waals surface area contributed by atoms with E-state index in [9.17, 15) is 13.2 Å². The maximum atomic E-state index is 12.6. The van der Waals surface area contributed by atoms with Crippen molar-refractivity contribution in [3.05, 3.63) is 63.8 Å². The predicted molar refractivity (Wildman–Crippen MR) is 101 cm³/mol. The summed E-state index contributed by atoms with van der Waals surface area (Å²) in [4.78, 5) is 15.9. The molecule has 0 atom stereocenters. The molecular weight excluding hydrogens is 404 g/mol. The molecular formula is C18H17BrN2O3S. The third-order valence-corrected chi connectivity index (χ3v) is 6.49. The molecule has 0 saturated heterocycles. The highest BCUT2D eigenvalue weighted by molar-refractivity contribution is 9.10. The van der Waals surface area contributed by atoms with Crippen LogP contribution in [0.25, 0.3) is 10.9 Å². The van der Waals surface area contributed by atoms with Crippen LogP contribution in [0.4, 0.5) is 0 Å². The van der Waals surface area contributed by atoms with Gasteiger partial charge in [0.1, 0.15) is 4.90 Å². The second-order valence-electron chi connectivity index (χ2n) is 5.68. The monoisotopic (exact) mass is 420 g/mol. The number of H-pyrrole nitrogens is 1. The highest BCUT2D eigenvalue weighted by atomic mass is 79.9. The molecule has 0 aliphatic heterocycles. The Morgan fingerprint density at radius 1 is 1.16 bits per heavy atom. The number of hydrogen-bond acceptors (Lipinski definition) is 3. The van der Waals surface area contributed by atoms with E-state index in [-0.39, 0.29) is 4.90 Å². The van der Waals surface area contributed by atoms with Gasteiger partial charge in [0.05, 0.1) is 11.1 Å². The van der Waals surface area contributed by atoms with Crippen molar-refractivity contribution >= 4 is 42.8 Å². The number of para-hydroxylation sites is 1. The molecule has 0 aliphatic rings. The smallest absolute Gasteiger partial charge is 0.267 e. The van der Waals surface area contributed by atoms with Crippen LogP contribution in [0, 0.1) is 6.92 Å². The summed E-state index contributed by atoms with van der Waals surface area (Å²) < 4.78 is 27.6. The predicted octanol–water partition coefficient (Wildman–Crippen LogP) is 3.92. The SMILES string of the molecule is CCc1[nH]c2c(C(=O)NS(=O)(=O)c3ccccc3Br)cccc2c1C. The van der Waals surface area contributed by atoms with Crippen LogP contribution in [0.1, 0.15) is 28.5 Å². The van der Waals surface area contributed by atoms with Crippen LogP contribution in [0.5, 0.6) is 0 Å². The molecule has 25 heavy (non-hydrogen) atoms. The number of benzene rings is 2. The molecule has 1 heterocycles. The Kier molecular flexibility index (Phi) is 4.71. The average molecular weight is 421 g/mol. The highest BCUT2D eigenvalue weighted by Crippen LogP contribution is 2.26. The van der Waals surface area contributed by atoms with Crippen LogP contribution in [-0.2, 0) is 16.4 Å². The number of hydrogen-bond donors (Lipinski definition) is 2. The van der Waals surface area contributed by atoms with Crippen LogP contribution < -0.4 is 4.72 Å². The lowest BCUT2D eigenvalue weighted by atomic mass is 10.1. The largest absolute Gasteiger partial charge is 0.358 e. The number of aromatic amines is 1. The van der Waals surface area contributed by atoms with Crippen molar-refractivity contribution in [3.63, 3.8) is 0 Å². The number of aromatic nitrogens is 1. The van der Waals surface area contributed by atoms with Gasteiger partial charge >= 0.3 is 0 Å². The van der Waals surface area contributed by atoms with Crippen LogP contribution in [-0.4, -0.2) is 19.3 Å². The summed E-state index contributed by atoms with van der Waals surface area (Å²) in [6, 6.07) is 11.6. The van der Waals surface area contributed by atoms with Gasteiger partial charge in [-0.25, -0.2) is 13.1 Å². The summed E-state index contributed by atoms with van der Waals surface area (Å²) in [5.41, 5.74) is 3.05. The Balaban J connectivity index is 2.02. The molecule has 130 valence electrons. The number of amides is 1. The zero-order valence-electron chi connectivity index (χ0n) is 13.8. The van der Waals surface area contributed by atoms with E-state index in [0.29, 0.717) is 15.6 Å². The van der Waals surface area contributed by atoms with Crippen molar-refractivity contribution in [1.29, 1.82) is 0 Å². The van der Waals surface area contributed by atoms with Gasteiger partial charge in [0.25, 0.3) is 15.9 Å². The van der Waals surface area contributed by atoms with Crippen molar-refractivity contribution in [3.8, 4) is 0 Å². The quantitative estimate of drug-likeness (QED) is 0.670. The van der Waals surface area contributed by atoms with E-state index in [1.807, 2.05) is 19.9 Å². The summed E-state index contributed by atoms with van der Waals surface area (Å²) in [6.07, 6.45) is 0.802. The number of fused-ring (bicyclic) bond motifs is 1. The second kappa shape index (κ2) is 6.65. The van der Waals surface area contributed by atoms with E-state index in [0.717, 1.165) is 23.1 Å². The number of nitrogens with one attached hydrogen (secondary N) is 2. The minimum absolute atomic E-state index is 0.0208. The van der Waals surface area contributed by atoms with Crippen molar-refractivity contribution in [2.75, 3.05) is 0 Å². The summed E-state index contributed by atoms with van der Waals surface area (Å²) in [6.45, 7) is 4.01. The molecule has 7 heteroatoms. The first-order valence-corrected chi connectivity index (χ1v) is 10.0. The number of rotatable bonds is 4. The fraction of sp³-hybridized carbons (Fsp3) is 0.167. The standard InChI is InChI=1S/C18H17BrN2O3S/c1-3-15-11(2)12-7-6-8-13(17(12)20-15)18(22)21-25(23,24)16-10-5-4-9-14(16)19/h4-10,20H,3H2,1-2H3,(H,21,22). The van der Waals surface area contributed by atoms with Crippen molar-refractivity contribution in [2.45, 2.75) is 25.2 Å². The van der Waals surface area contributed by atoms with E-state index >= 15 is 0 Å². The first-order chi connectivity index (χ1) is 11.8. The summed E-state index contributed by atoms with van der Waals surface area (Å²) in [7, 11) is -3.98.